The van der Waals surface area contributed by atoms with E-state index < -0.39 is 9.85 Å². The maximum Gasteiger partial charge on any atom is 0.299 e. The summed E-state index contributed by atoms with van der Waals surface area (Å²) in [5, 5.41) is 25.0. The predicted octanol–water partition coefficient (Wildman–Crippen LogP) is 4.93. The molecule has 0 aliphatic heterocycles. The van der Waals surface area contributed by atoms with Gasteiger partial charge in [0.25, 0.3) is 11.4 Å². The van der Waals surface area contributed by atoms with E-state index in [0.717, 1.165) is 25.3 Å². The fraction of sp³-hybridized carbons (Fsp3) is 0.667. The largest absolute Gasteiger partial charge is 0.379 e. The van der Waals surface area contributed by atoms with Gasteiger partial charge in [0.2, 0.25) is 0 Å². The fourth-order valence-electron chi connectivity index (χ4n) is 2.61. The zero-order chi connectivity index (χ0) is 20.0. The SMILES string of the molecule is CCCC(C)(C)OCC(C)(C)CCNc1ccc([N+](=O)[O-])cc1[N+](=O)[O-]. The fourth-order valence-corrected chi connectivity index (χ4v) is 2.61. The Bertz CT molecular complexity index is 644. The molecule has 0 fully saturated rings. The van der Waals surface area contributed by atoms with Crippen LogP contribution in [0.4, 0.5) is 17.1 Å². The van der Waals surface area contributed by atoms with Crippen molar-refractivity contribution in [1.29, 1.82) is 0 Å². The lowest BCUT2D eigenvalue weighted by molar-refractivity contribution is -0.393. The average Bonchev–Trinajstić information content (AvgIpc) is 2.53. The number of nitro benzene ring substituents is 2. The van der Waals surface area contributed by atoms with Gasteiger partial charge in [0, 0.05) is 12.6 Å². The van der Waals surface area contributed by atoms with E-state index in [9.17, 15) is 20.2 Å². The van der Waals surface area contributed by atoms with Crippen LogP contribution in [-0.4, -0.2) is 28.6 Å². The summed E-state index contributed by atoms with van der Waals surface area (Å²) in [6.45, 7) is 11.5. The average molecular weight is 367 g/mol. The first kappa shape index (κ1) is 21.8. The highest BCUT2D eigenvalue weighted by molar-refractivity contribution is 5.65. The third-order valence-electron chi connectivity index (χ3n) is 4.21. The highest BCUT2D eigenvalue weighted by Gasteiger charge is 2.25. The summed E-state index contributed by atoms with van der Waals surface area (Å²) in [6, 6.07) is 3.62. The van der Waals surface area contributed by atoms with Crippen LogP contribution < -0.4 is 5.32 Å². The quantitative estimate of drug-likeness (QED) is 0.439. The molecule has 0 heterocycles. The molecule has 1 rings (SSSR count). The molecule has 0 bridgehead atoms. The minimum Gasteiger partial charge on any atom is -0.379 e. The van der Waals surface area contributed by atoms with Crippen LogP contribution in [0.2, 0.25) is 0 Å². The molecule has 0 amide bonds. The van der Waals surface area contributed by atoms with Crippen LogP contribution in [0.15, 0.2) is 18.2 Å². The summed E-state index contributed by atoms with van der Waals surface area (Å²) in [5.41, 5.74) is -0.584. The van der Waals surface area contributed by atoms with E-state index in [4.69, 9.17) is 4.74 Å². The van der Waals surface area contributed by atoms with Crippen LogP contribution in [0.3, 0.4) is 0 Å². The van der Waals surface area contributed by atoms with Gasteiger partial charge < -0.3 is 10.1 Å². The molecule has 1 aromatic rings. The van der Waals surface area contributed by atoms with Crippen LogP contribution >= 0.6 is 0 Å². The molecular weight excluding hydrogens is 338 g/mol. The molecule has 0 unspecified atom stereocenters. The van der Waals surface area contributed by atoms with Gasteiger partial charge in [-0.2, -0.15) is 0 Å². The first-order valence-electron chi connectivity index (χ1n) is 8.78. The molecule has 1 aromatic carbocycles. The summed E-state index contributed by atoms with van der Waals surface area (Å²) < 4.78 is 6.03. The van der Waals surface area contributed by atoms with Gasteiger partial charge in [-0.3, -0.25) is 20.2 Å². The summed E-state index contributed by atoms with van der Waals surface area (Å²) in [4.78, 5) is 20.7. The molecule has 1 N–H and O–H groups in total. The van der Waals surface area contributed by atoms with E-state index in [-0.39, 0.29) is 28.1 Å². The minimum atomic E-state index is -0.644. The standard InChI is InChI=1S/C18H29N3O5/c1-6-9-18(4,5)26-13-17(2,3)10-11-19-15-8-7-14(20(22)23)12-16(15)21(24)25/h7-8,12,19H,6,9-11,13H2,1-5H3. The van der Waals surface area contributed by atoms with Gasteiger partial charge in [-0.15, -0.1) is 0 Å². The van der Waals surface area contributed by atoms with Crippen molar-refractivity contribution in [3.63, 3.8) is 0 Å². The summed E-state index contributed by atoms with van der Waals surface area (Å²) in [6.07, 6.45) is 2.78. The van der Waals surface area contributed by atoms with E-state index in [2.05, 4.69) is 39.9 Å². The molecule has 26 heavy (non-hydrogen) atoms. The predicted molar refractivity (Wildman–Crippen MR) is 102 cm³/mol. The van der Waals surface area contributed by atoms with Crippen molar-refractivity contribution in [2.45, 2.75) is 59.5 Å². The van der Waals surface area contributed by atoms with Crippen molar-refractivity contribution in [3.05, 3.63) is 38.4 Å². The Labute approximate surface area is 154 Å². The molecule has 0 aliphatic rings. The maximum absolute atomic E-state index is 11.2. The van der Waals surface area contributed by atoms with Gasteiger partial charge in [0.1, 0.15) is 5.69 Å². The van der Waals surface area contributed by atoms with Crippen LogP contribution in [0.1, 0.15) is 53.9 Å². The van der Waals surface area contributed by atoms with E-state index in [1.807, 2.05) is 0 Å². The van der Waals surface area contributed by atoms with E-state index >= 15 is 0 Å². The lowest BCUT2D eigenvalue weighted by atomic mass is 9.90. The lowest BCUT2D eigenvalue weighted by Gasteiger charge is -2.32. The van der Waals surface area contributed by atoms with Crippen LogP contribution in [0, 0.1) is 25.6 Å². The van der Waals surface area contributed by atoms with Crippen molar-refractivity contribution in [1.82, 2.24) is 0 Å². The minimum absolute atomic E-state index is 0.104. The van der Waals surface area contributed by atoms with Crippen molar-refractivity contribution in [2.75, 3.05) is 18.5 Å². The molecule has 0 spiro atoms. The number of rotatable bonds is 11. The number of anilines is 1. The Morgan fingerprint density at radius 2 is 1.73 bits per heavy atom. The van der Waals surface area contributed by atoms with E-state index in [1.54, 1.807) is 0 Å². The van der Waals surface area contributed by atoms with Gasteiger partial charge in [-0.05, 0) is 38.2 Å². The van der Waals surface area contributed by atoms with Crippen molar-refractivity contribution in [2.24, 2.45) is 5.41 Å². The van der Waals surface area contributed by atoms with Crippen molar-refractivity contribution >= 4 is 17.1 Å². The highest BCUT2D eigenvalue weighted by Crippen LogP contribution is 2.30. The smallest absolute Gasteiger partial charge is 0.299 e. The zero-order valence-electron chi connectivity index (χ0n) is 16.2. The third-order valence-corrected chi connectivity index (χ3v) is 4.21. The monoisotopic (exact) mass is 367 g/mol. The van der Waals surface area contributed by atoms with Crippen LogP contribution in [-0.2, 0) is 4.74 Å². The normalized spacial score (nSPS) is 12.0. The van der Waals surface area contributed by atoms with E-state index in [0.29, 0.717) is 13.2 Å². The molecule has 0 aliphatic carbocycles. The number of hydrogen-bond donors (Lipinski definition) is 1. The lowest BCUT2D eigenvalue weighted by Crippen LogP contribution is -2.31. The number of ether oxygens (including phenoxy) is 1. The van der Waals surface area contributed by atoms with Crippen LogP contribution in [0.5, 0.6) is 0 Å². The molecular formula is C18H29N3O5. The zero-order valence-corrected chi connectivity index (χ0v) is 16.2. The molecule has 8 heteroatoms. The molecule has 0 saturated carbocycles. The summed E-state index contributed by atoms with van der Waals surface area (Å²) in [7, 11) is 0. The van der Waals surface area contributed by atoms with Crippen molar-refractivity contribution in [3.8, 4) is 0 Å². The van der Waals surface area contributed by atoms with Gasteiger partial charge in [0.05, 0.1) is 28.1 Å². The topological polar surface area (TPSA) is 108 Å². The number of nitrogens with zero attached hydrogens (tertiary/aromatic N) is 2. The Morgan fingerprint density at radius 3 is 2.27 bits per heavy atom. The number of nitrogens with one attached hydrogen (secondary N) is 1. The first-order chi connectivity index (χ1) is 12.0. The molecule has 0 aromatic heterocycles. The van der Waals surface area contributed by atoms with Gasteiger partial charge in [0.15, 0.2) is 0 Å². The summed E-state index contributed by atoms with van der Waals surface area (Å²) >= 11 is 0. The van der Waals surface area contributed by atoms with Gasteiger partial charge in [-0.25, -0.2) is 0 Å². The van der Waals surface area contributed by atoms with Crippen LogP contribution in [0.25, 0.3) is 0 Å². The Balaban J connectivity index is 2.66. The molecule has 8 nitrogen and oxygen atoms in total. The number of hydrogen-bond acceptors (Lipinski definition) is 6. The third kappa shape index (κ3) is 6.95. The first-order valence-corrected chi connectivity index (χ1v) is 8.78. The number of benzene rings is 1. The Hall–Kier alpha value is -2.22. The molecule has 0 atom stereocenters. The molecule has 146 valence electrons. The Kier molecular flexibility index (Phi) is 7.50. The van der Waals surface area contributed by atoms with Crippen molar-refractivity contribution < 1.29 is 14.6 Å². The highest BCUT2D eigenvalue weighted by atomic mass is 16.6. The Morgan fingerprint density at radius 1 is 1.08 bits per heavy atom. The van der Waals surface area contributed by atoms with Gasteiger partial charge >= 0.3 is 0 Å². The van der Waals surface area contributed by atoms with Gasteiger partial charge in [-0.1, -0.05) is 27.2 Å². The second-order valence-electron chi connectivity index (χ2n) is 7.86. The van der Waals surface area contributed by atoms with E-state index in [1.165, 1.54) is 12.1 Å². The number of non-ortho nitro benzene ring substituents is 1. The molecule has 0 radical (unpaired) electrons. The second kappa shape index (κ2) is 8.93. The summed E-state index contributed by atoms with van der Waals surface area (Å²) in [5.74, 6) is 0. The maximum atomic E-state index is 11.2. The molecule has 0 saturated heterocycles. The second-order valence-corrected chi connectivity index (χ2v) is 7.86. The number of nitro groups is 2.